The van der Waals surface area contributed by atoms with Crippen molar-refractivity contribution in [3.63, 3.8) is 0 Å². The van der Waals surface area contributed by atoms with E-state index >= 15 is 0 Å². The lowest BCUT2D eigenvalue weighted by Gasteiger charge is -2.32. The van der Waals surface area contributed by atoms with Crippen LogP contribution in [0, 0.1) is 5.41 Å². The lowest BCUT2D eigenvalue weighted by atomic mass is 9.83. The molecular weight excluding hydrogens is 436 g/mol. The van der Waals surface area contributed by atoms with Gasteiger partial charge in [-0.3, -0.25) is 4.79 Å². The highest BCUT2D eigenvalue weighted by atomic mass is 16.5. The predicted molar refractivity (Wildman–Crippen MR) is 125 cm³/mol. The zero-order valence-corrected chi connectivity index (χ0v) is 19.3. The first-order valence-electron chi connectivity index (χ1n) is 11.6. The van der Waals surface area contributed by atoms with Gasteiger partial charge >= 0.3 is 12.1 Å². The molecule has 4 N–H and O–H groups in total. The van der Waals surface area contributed by atoms with Gasteiger partial charge in [-0.05, 0) is 48.9 Å². The van der Waals surface area contributed by atoms with Gasteiger partial charge in [-0.25, -0.2) is 9.59 Å². The third-order valence-corrected chi connectivity index (χ3v) is 7.15. The van der Waals surface area contributed by atoms with E-state index in [1.807, 2.05) is 36.4 Å². The highest BCUT2D eigenvalue weighted by molar-refractivity contribution is 5.89. The Morgan fingerprint density at radius 2 is 1.68 bits per heavy atom. The molecule has 2 aromatic carbocycles. The number of carbonyl (C=O) groups is 3. The molecule has 2 unspecified atom stereocenters. The Hall–Kier alpha value is -3.39. The number of rotatable bonds is 7. The summed E-state index contributed by atoms with van der Waals surface area (Å²) in [7, 11) is 0. The Bertz CT molecular complexity index is 1050. The van der Waals surface area contributed by atoms with Crippen LogP contribution in [0.5, 0.6) is 0 Å². The van der Waals surface area contributed by atoms with E-state index in [-0.39, 0.29) is 12.5 Å². The fraction of sp³-hybridized carbons (Fsp3) is 0.423. The summed E-state index contributed by atoms with van der Waals surface area (Å²) in [5.41, 5.74) is 3.49. The molecule has 2 aliphatic carbocycles. The van der Waals surface area contributed by atoms with Crippen LogP contribution < -0.4 is 10.6 Å². The highest BCUT2D eigenvalue weighted by Crippen LogP contribution is 2.44. The Kier molecular flexibility index (Phi) is 6.61. The zero-order valence-electron chi connectivity index (χ0n) is 19.3. The number of hydrogen-bond acceptors (Lipinski definition) is 5. The highest BCUT2D eigenvalue weighted by Gasteiger charge is 2.47. The van der Waals surface area contributed by atoms with Gasteiger partial charge < -0.3 is 25.6 Å². The number of nitrogens with one attached hydrogen (secondary N) is 2. The molecule has 0 spiro atoms. The zero-order chi connectivity index (χ0) is 24.5. The molecule has 1 fully saturated rings. The Labute approximate surface area is 198 Å². The van der Waals surface area contributed by atoms with Gasteiger partial charge in [-0.2, -0.15) is 0 Å². The van der Waals surface area contributed by atoms with E-state index in [1.54, 1.807) is 6.92 Å². The van der Waals surface area contributed by atoms with Crippen LogP contribution in [-0.2, 0) is 14.3 Å². The lowest BCUT2D eigenvalue weighted by molar-refractivity contribution is -0.146. The van der Waals surface area contributed by atoms with E-state index in [1.165, 1.54) is 6.92 Å². The second-order valence-corrected chi connectivity index (χ2v) is 9.36. The summed E-state index contributed by atoms with van der Waals surface area (Å²) < 4.78 is 5.62. The molecule has 8 heteroatoms. The summed E-state index contributed by atoms with van der Waals surface area (Å²) in [6, 6.07) is 14.2. The predicted octanol–water partition coefficient (Wildman–Crippen LogP) is 3.03. The molecule has 34 heavy (non-hydrogen) atoms. The quantitative estimate of drug-likeness (QED) is 0.497. The van der Waals surface area contributed by atoms with Crippen molar-refractivity contribution in [3.05, 3.63) is 59.7 Å². The van der Waals surface area contributed by atoms with Gasteiger partial charge in [0.15, 0.2) is 6.04 Å². The average Bonchev–Trinajstić information content (AvgIpc) is 3.34. The summed E-state index contributed by atoms with van der Waals surface area (Å²) in [5, 5.41) is 24.2. The number of carbonyl (C=O) groups excluding carboxylic acids is 2. The largest absolute Gasteiger partial charge is 0.480 e. The lowest BCUT2D eigenvalue weighted by Crippen LogP contribution is -2.56. The van der Waals surface area contributed by atoms with Crippen molar-refractivity contribution in [3.8, 4) is 11.1 Å². The van der Waals surface area contributed by atoms with Crippen molar-refractivity contribution in [1.82, 2.24) is 10.6 Å². The summed E-state index contributed by atoms with van der Waals surface area (Å²) in [6.07, 6.45) is -0.108. The monoisotopic (exact) mass is 466 g/mol. The Morgan fingerprint density at radius 3 is 2.24 bits per heavy atom. The molecule has 8 nitrogen and oxygen atoms in total. The molecule has 4 rings (SSSR count). The average molecular weight is 467 g/mol. The van der Waals surface area contributed by atoms with Gasteiger partial charge in [0.2, 0.25) is 5.91 Å². The van der Waals surface area contributed by atoms with Crippen molar-refractivity contribution in [2.24, 2.45) is 5.41 Å². The first kappa shape index (κ1) is 23.8. The minimum atomic E-state index is -1.42. The number of aliphatic carboxylic acids is 1. The first-order valence-corrected chi connectivity index (χ1v) is 11.6. The van der Waals surface area contributed by atoms with Crippen molar-refractivity contribution in [1.29, 1.82) is 0 Å². The molecule has 1 saturated carbocycles. The van der Waals surface area contributed by atoms with Gasteiger partial charge in [-0.15, -0.1) is 0 Å². The molecule has 0 radical (unpaired) electrons. The van der Waals surface area contributed by atoms with E-state index < -0.39 is 41.6 Å². The van der Waals surface area contributed by atoms with Crippen LogP contribution in [0.2, 0.25) is 0 Å². The number of carboxylic acid groups (broad SMARTS) is 1. The molecule has 0 heterocycles. The van der Waals surface area contributed by atoms with Crippen LogP contribution in [0.25, 0.3) is 11.1 Å². The van der Waals surface area contributed by atoms with Gasteiger partial charge in [0.1, 0.15) is 6.61 Å². The van der Waals surface area contributed by atoms with Crippen molar-refractivity contribution in [2.75, 3.05) is 6.61 Å². The molecule has 0 aliphatic heterocycles. The van der Waals surface area contributed by atoms with E-state index in [0.29, 0.717) is 19.3 Å². The number of fused-ring (bicyclic) bond motifs is 3. The van der Waals surface area contributed by atoms with Crippen molar-refractivity contribution >= 4 is 18.0 Å². The number of carboxylic acids is 1. The van der Waals surface area contributed by atoms with E-state index in [0.717, 1.165) is 22.3 Å². The maximum absolute atomic E-state index is 12.9. The van der Waals surface area contributed by atoms with Crippen LogP contribution in [-0.4, -0.2) is 53.0 Å². The van der Waals surface area contributed by atoms with E-state index in [9.17, 15) is 24.6 Å². The van der Waals surface area contributed by atoms with Crippen LogP contribution in [0.15, 0.2) is 48.5 Å². The van der Waals surface area contributed by atoms with Crippen LogP contribution >= 0.6 is 0 Å². The van der Waals surface area contributed by atoms with E-state index in [2.05, 4.69) is 22.8 Å². The topological polar surface area (TPSA) is 125 Å². The molecule has 2 aromatic rings. The van der Waals surface area contributed by atoms with Crippen molar-refractivity contribution in [2.45, 2.75) is 57.2 Å². The molecule has 2 aliphatic rings. The van der Waals surface area contributed by atoms with Crippen LogP contribution in [0.4, 0.5) is 4.79 Å². The fourth-order valence-corrected chi connectivity index (χ4v) is 5.15. The number of amides is 2. The summed E-state index contributed by atoms with van der Waals surface area (Å²) >= 11 is 0. The summed E-state index contributed by atoms with van der Waals surface area (Å²) in [6.45, 7) is 3.17. The standard InChI is InChI=1S/C26H30N2O6/c1-15(29)22(23(30)31)28-24(32)26(2)13-7-12-21(26)27-25(33)34-14-20-18-10-5-3-8-16(18)17-9-4-6-11-19(17)20/h3-6,8-11,15,20-22,29H,7,12-14H2,1-2H3,(H,27,33)(H,28,32)(H,30,31)/t15-,21?,22+,26?/m1/s1. The minimum absolute atomic E-state index is 0.0706. The molecule has 0 aromatic heterocycles. The number of aliphatic hydroxyl groups is 1. The number of alkyl carbamates (subject to hydrolysis) is 1. The molecule has 180 valence electrons. The van der Waals surface area contributed by atoms with E-state index in [4.69, 9.17) is 4.74 Å². The second-order valence-electron chi connectivity index (χ2n) is 9.36. The third kappa shape index (κ3) is 4.37. The molecule has 2 amide bonds. The minimum Gasteiger partial charge on any atom is -0.480 e. The van der Waals surface area contributed by atoms with Gasteiger partial charge in [0.05, 0.1) is 11.5 Å². The van der Waals surface area contributed by atoms with Gasteiger partial charge in [0.25, 0.3) is 0 Å². The van der Waals surface area contributed by atoms with Crippen molar-refractivity contribution < 1.29 is 29.3 Å². The van der Waals surface area contributed by atoms with Crippen LogP contribution in [0.3, 0.4) is 0 Å². The second kappa shape index (κ2) is 9.46. The Balaban J connectivity index is 1.41. The number of ether oxygens (including phenoxy) is 1. The normalized spacial score (nSPS) is 22.9. The molecule has 0 bridgehead atoms. The molecule has 0 saturated heterocycles. The first-order chi connectivity index (χ1) is 16.2. The van der Waals surface area contributed by atoms with Crippen LogP contribution in [0.1, 0.15) is 50.2 Å². The fourth-order valence-electron chi connectivity index (χ4n) is 5.15. The van der Waals surface area contributed by atoms with Gasteiger partial charge in [-0.1, -0.05) is 55.0 Å². The smallest absolute Gasteiger partial charge is 0.407 e. The maximum atomic E-state index is 12.9. The maximum Gasteiger partial charge on any atom is 0.407 e. The summed E-state index contributed by atoms with van der Waals surface area (Å²) in [4.78, 5) is 37.0. The summed E-state index contributed by atoms with van der Waals surface area (Å²) in [5.74, 6) is -1.90. The molecule has 4 atom stereocenters. The SMILES string of the molecule is C[C@@H](O)[C@H](NC(=O)C1(C)CCCC1NC(=O)OCC1c2ccccc2-c2ccccc21)C(=O)O. The number of hydrogen-bond donors (Lipinski definition) is 4. The van der Waals surface area contributed by atoms with Gasteiger partial charge in [0, 0.05) is 12.0 Å². The molecular formula is C26H30N2O6. The Morgan fingerprint density at radius 1 is 1.09 bits per heavy atom. The number of aliphatic hydroxyl groups excluding tert-OH is 1. The number of benzene rings is 2. The third-order valence-electron chi connectivity index (χ3n) is 7.15.